The van der Waals surface area contributed by atoms with E-state index in [2.05, 4.69) is 20.1 Å². The first-order valence-corrected chi connectivity index (χ1v) is 10.7. The van der Waals surface area contributed by atoms with Crippen LogP contribution >= 0.6 is 0 Å². The molecule has 0 aliphatic carbocycles. The number of nitrogens with zero attached hydrogens (tertiary/aromatic N) is 5. The number of halogens is 1. The van der Waals surface area contributed by atoms with E-state index >= 15 is 0 Å². The van der Waals surface area contributed by atoms with Gasteiger partial charge in [0.25, 0.3) is 0 Å². The van der Waals surface area contributed by atoms with E-state index in [9.17, 15) is 12.8 Å². The van der Waals surface area contributed by atoms with Gasteiger partial charge in [0.15, 0.2) is 0 Å². The molecule has 4 rings (SSSR count). The summed E-state index contributed by atoms with van der Waals surface area (Å²) in [6, 6.07) is 3.71. The molecule has 1 aliphatic heterocycles. The van der Waals surface area contributed by atoms with Gasteiger partial charge in [-0.25, -0.2) is 22.8 Å². The Bertz CT molecular complexity index is 1150. The molecule has 1 saturated heterocycles. The van der Waals surface area contributed by atoms with Crippen molar-refractivity contribution in [2.24, 2.45) is 0 Å². The molecule has 10 heteroatoms. The highest BCUT2D eigenvalue weighted by molar-refractivity contribution is 7.89. The zero-order valence-electron chi connectivity index (χ0n) is 16.0. The molecule has 8 nitrogen and oxygen atoms in total. The maximum Gasteiger partial charge on any atom is 0.243 e. The van der Waals surface area contributed by atoms with Gasteiger partial charge in [-0.2, -0.15) is 9.29 Å². The number of hydrogen-bond donors (Lipinski definition) is 0. The van der Waals surface area contributed by atoms with Crippen molar-refractivity contribution >= 4 is 10.0 Å². The van der Waals surface area contributed by atoms with E-state index in [0.29, 0.717) is 47.9 Å². The molecule has 2 aromatic heterocycles. The van der Waals surface area contributed by atoms with Crippen LogP contribution in [0.4, 0.5) is 4.39 Å². The van der Waals surface area contributed by atoms with Gasteiger partial charge < -0.3 is 4.52 Å². The van der Waals surface area contributed by atoms with Crippen LogP contribution < -0.4 is 0 Å². The van der Waals surface area contributed by atoms with Crippen LogP contribution in [0.2, 0.25) is 0 Å². The van der Waals surface area contributed by atoms with Gasteiger partial charge in [0.05, 0.1) is 16.2 Å². The molecule has 0 N–H and O–H groups in total. The lowest BCUT2D eigenvalue weighted by Crippen LogP contribution is -2.29. The number of aromatic nitrogens is 4. The molecular formula is C19H20FN5O3S. The van der Waals surface area contributed by atoms with Crippen LogP contribution in [-0.4, -0.2) is 45.9 Å². The van der Waals surface area contributed by atoms with Gasteiger partial charge in [-0.05, 0) is 37.1 Å². The van der Waals surface area contributed by atoms with Gasteiger partial charge in [0.2, 0.25) is 21.7 Å². The lowest BCUT2D eigenvalue weighted by atomic mass is 10.00. The Balaban J connectivity index is 1.62. The summed E-state index contributed by atoms with van der Waals surface area (Å²) in [5.74, 6) is 0.315. The minimum Gasteiger partial charge on any atom is -0.339 e. The normalized spacial score (nSPS) is 17.7. The number of rotatable bonds is 5. The van der Waals surface area contributed by atoms with Crippen molar-refractivity contribution in [3.05, 3.63) is 53.7 Å². The molecule has 1 aliphatic rings. The van der Waals surface area contributed by atoms with E-state index in [4.69, 9.17) is 4.52 Å². The van der Waals surface area contributed by atoms with E-state index < -0.39 is 15.8 Å². The molecule has 1 aromatic carbocycles. The van der Waals surface area contributed by atoms with Crippen LogP contribution in [0.5, 0.6) is 0 Å². The summed E-state index contributed by atoms with van der Waals surface area (Å²) in [7, 11) is -3.73. The highest BCUT2D eigenvalue weighted by Crippen LogP contribution is 2.34. The third-order valence-corrected chi connectivity index (χ3v) is 7.07. The van der Waals surface area contributed by atoms with Gasteiger partial charge in [-0.1, -0.05) is 12.1 Å². The Morgan fingerprint density at radius 3 is 2.90 bits per heavy atom. The van der Waals surface area contributed by atoms with Crippen molar-refractivity contribution in [1.29, 1.82) is 0 Å². The van der Waals surface area contributed by atoms with Crippen molar-refractivity contribution in [3.63, 3.8) is 0 Å². The third-order valence-electron chi connectivity index (χ3n) is 5.05. The highest BCUT2D eigenvalue weighted by Gasteiger charge is 2.36. The second-order valence-corrected chi connectivity index (χ2v) is 8.85. The molecule has 3 aromatic rings. The molecule has 0 radical (unpaired) electrons. The van der Waals surface area contributed by atoms with Gasteiger partial charge in [0, 0.05) is 31.6 Å². The first kappa shape index (κ1) is 19.6. The zero-order valence-corrected chi connectivity index (χ0v) is 16.9. The predicted octanol–water partition coefficient (Wildman–Crippen LogP) is 2.71. The predicted molar refractivity (Wildman–Crippen MR) is 102 cm³/mol. The van der Waals surface area contributed by atoms with Crippen LogP contribution in [0.1, 0.15) is 36.4 Å². The summed E-state index contributed by atoms with van der Waals surface area (Å²) < 4.78 is 46.1. The fourth-order valence-electron chi connectivity index (χ4n) is 3.56. The average Bonchev–Trinajstić information content (AvgIpc) is 3.38. The van der Waals surface area contributed by atoms with Crippen molar-refractivity contribution in [2.75, 3.05) is 13.1 Å². The number of benzene rings is 1. The second kappa shape index (κ2) is 7.60. The molecule has 152 valence electrons. The van der Waals surface area contributed by atoms with E-state index in [-0.39, 0.29) is 17.4 Å². The Morgan fingerprint density at radius 2 is 2.17 bits per heavy atom. The largest absolute Gasteiger partial charge is 0.339 e. The lowest BCUT2D eigenvalue weighted by molar-refractivity contribution is 0.382. The highest BCUT2D eigenvalue weighted by atomic mass is 32.2. The summed E-state index contributed by atoms with van der Waals surface area (Å²) in [4.78, 5) is 12.9. The summed E-state index contributed by atoms with van der Waals surface area (Å²) in [6.45, 7) is 4.12. The lowest BCUT2D eigenvalue weighted by Gasteiger charge is -2.18. The van der Waals surface area contributed by atoms with Crippen molar-refractivity contribution in [2.45, 2.75) is 37.5 Å². The molecule has 1 fully saturated rings. The molecule has 0 unspecified atom stereocenters. The number of aryl methyl sites for hydroxylation is 2. The fraction of sp³-hybridized carbons (Fsp3) is 0.368. The monoisotopic (exact) mass is 417 g/mol. The zero-order chi connectivity index (χ0) is 20.6. The van der Waals surface area contributed by atoms with E-state index in [1.54, 1.807) is 13.1 Å². The van der Waals surface area contributed by atoms with Crippen molar-refractivity contribution in [3.8, 4) is 11.4 Å². The standard InChI is InChI=1S/C19H20FN5O3S/c1-3-17-23-19(24-28-17)15-9-21-11-22-18(15)13-6-7-25(10-13)29(26,27)16-5-4-14(20)8-12(16)2/h4-5,8-9,11,13H,3,6-7,10H2,1-2H3/t13-/m0/s1. The summed E-state index contributed by atoms with van der Waals surface area (Å²) in [5, 5.41) is 3.99. The SMILES string of the molecule is CCc1nc(-c2cncnc2[C@H]2CCN(S(=O)(=O)c3ccc(F)cc3C)C2)no1. The van der Waals surface area contributed by atoms with Crippen LogP contribution in [0, 0.1) is 12.7 Å². The van der Waals surface area contributed by atoms with Crippen molar-refractivity contribution in [1.82, 2.24) is 24.4 Å². The van der Waals surface area contributed by atoms with Crippen molar-refractivity contribution < 1.29 is 17.3 Å². The van der Waals surface area contributed by atoms with Gasteiger partial charge in [-0.3, -0.25) is 0 Å². The molecule has 29 heavy (non-hydrogen) atoms. The van der Waals surface area contributed by atoms with Crippen LogP contribution in [0.15, 0.2) is 40.1 Å². The topological polar surface area (TPSA) is 102 Å². The fourth-order valence-corrected chi connectivity index (χ4v) is 5.26. The van der Waals surface area contributed by atoms with Gasteiger partial charge in [-0.15, -0.1) is 0 Å². The van der Waals surface area contributed by atoms with E-state index in [1.807, 2.05) is 6.92 Å². The molecule has 3 heterocycles. The van der Waals surface area contributed by atoms with Gasteiger partial charge >= 0.3 is 0 Å². The Morgan fingerprint density at radius 1 is 1.34 bits per heavy atom. The van der Waals surface area contributed by atoms with Crippen LogP contribution in [0.25, 0.3) is 11.4 Å². The Kier molecular flexibility index (Phi) is 5.13. The number of hydrogen-bond acceptors (Lipinski definition) is 7. The van der Waals surface area contributed by atoms with Crippen LogP contribution in [0.3, 0.4) is 0 Å². The Hall–Kier alpha value is -2.72. The molecule has 0 spiro atoms. The average molecular weight is 417 g/mol. The molecule has 0 amide bonds. The molecule has 0 saturated carbocycles. The van der Waals surface area contributed by atoms with Crippen LogP contribution in [-0.2, 0) is 16.4 Å². The summed E-state index contributed by atoms with van der Waals surface area (Å²) in [5.41, 5.74) is 1.71. The summed E-state index contributed by atoms with van der Waals surface area (Å²) >= 11 is 0. The minimum absolute atomic E-state index is 0.119. The smallest absolute Gasteiger partial charge is 0.243 e. The molecule has 1 atom stereocenters. The van der Waals surface area contributed by atoms with E-state index in [1.165, 1.54) is 22.8 Å². The van der Waals surface area contributed by atoms with E-state index in [0.717, 1.165) is 6.07 Å². The first-order chi connectivity index (χ1) is 13.9. The summed E-state index contributed by atoms with van der Waals surface area (Å²) in [6.07, 6.45) is 4.26. The first-order valence-electron chi connectivity index (χ1n) is 9.29. The molecular weight excluding hydrogens is 397 g/mol. The molecule has 0 bridgehead atoms. The number of sulfonamides is 1. The third kappa shape index (κ3) is 3.65. The Labute approximate surface area is 167 Å². The van der Waals surface area contributed by atoms with Gasteiger partial charge in [0.1, 0.15) is 12.1 Å². The minimum atomic E-state index is -3.73. The maximum atomic E-state index is 13.4. The quantitative estimate of drug-likeness (QED) is 0.629. The maximum absolute atomic E-state index is 13.4. The second-order valence-electron chi connectivity index (χ2n) is 6.95.